The molecule has 1 aromatic heterocycles. The van der Waals surface area contributed by atoms with Crippen LogP contribution in [0.2, 0.25) is 0 Å². The maximum atomic E-state index is 11.2. The van der Waals surface area contributed by atoms with E-state index in [0.29, 0.717) is 12.1 Å². The van der Waals surface area contributed by atoms with Gasteiger partial charge >= 0.3 is 6.09 Å². The van der Waals surface area contributed by atoms with Crippen molar-refractivity contribution < 1.29 is 9.90 Å². The molecule has 2 aromatic rings. The number of nitriles is 1. The van der Waals surface area contributed by atoms with E-state index in [9.17, 15) is 9.90 Å². The minimum atomic E-state index is -0.807. The van der Waals surface area contributed by atoms with Crippen LogP contribution in [0.15, 0.2) is 24.3 Å². The second-order valence-corrected chi connectivity index (χ2v) is 5.89. The smallest absolute Gasteiger partial charge is 0.407 e. The summed E-state index contributed by atoms with van der Waals surface area (Å²) in [7, 11) is 2.02. The average Bonchev–Trinajstić information content (AvgIpc) is 3.10. The lowest BCUT2D eigenvalue weighted by molar-refractivity contribution is 0.138. The number of likely N-dealkylation sites (tertiary alicyclic amines) is 1. The molecule has 3 rings (SSSR count). The van der Waals surface area contributed by atoms with Crippen LogP contribution in [0.4, 0.5) is 4.79 Å². The van der Waals surface area contributed by atoms with Gasteiger partial charge in [-0.2, -0.15) is 5.26 Å². The van der Waals surface area contributed by atoms with Crippen LogP contribution in [0.3, 0.4) is 0 Å². The molecule has 1 aromatic carbocycles. The van der Waals surface area contributed by atoms with E-state index >= 15 is 0 Å². The van der Waals surface area contributed by atoms with Crippen LogP contribution in [0.1, 0.15) is 30.5 Å². The Kier molecular flexibility index (Phi) is 3.76. The third-order valence-electron chi connectivity index (χ3n) is 4.63. The van der Waals surface area contributed by atoms with Crippen LogP contribution in [-0.2, 0) is 13.5 Å². The number of carbonyl (C=O) groups is 1. The van der Waals surface area contributed by atoms with E-state index < -0.39 is 6.09 Å². The Morgan fingerprint density at radius 1 is 1.45 bits per heavy atom. The summed E-state index contributed by atoms with van der Waals surface area (Å²) in [4.78, 5) is 12.8. The molecule has 22 heavy (non-hydrogen) atoms. The molecule has 0 saturated carbocycles. The second-order valence-electron chi connectivity index (χ2n) is 5.89. The van der Waals surface area contributed by atoms with Gasteiger partial charge in [0.05, 0.1) is 11.6 Å². The fraction of sp³-hybridized carbons (Fsp3) is 0.412. The fourth-order valence-corrected chi connectivity index (χ4v) is 3.42. The van der Waals surface area contributed by atoms with Gasteiger partial charge < -0.3 is 14.6 Å². The largest absolute Gasteiger partial charge is 0.465 e. The quantitative estimate of drug-likeness (QED) is 0.946. The lowest BCUT2D eigenvalue weighted by atomic mass is 10.1. The van der Waals surface area contributed by atoms with Crippen LogP contribution in [0.5, 0.6) is 0 Å². The van der Waals surface area contributed by atoms with Crippen molar-refractivity contribution in [2.75, 3.05) is 6.54 Å². The highest BCUT2D eigenvalue weighted by atomic mass is 16.4. The van der Waals surface area contributed by atoms with Gasteiger partial charge in [-0.3, -0.25) is 0 Å². The van der Waals surface area contributed by atoms with E-state index in [-0.39, 0.29) is 6.04 Å². The molecule has 0 unspecified atom stereocenters. The molecule has 1 amide bonds. The molecule has 1 saturated heterocycles. The van der Waals surface area contributed by atoms with Gasteiger partial charge in [0.15, 0.2) is 0 Å². The van der Waals surface area contributed by atoms with Crippen molar-refractivity contribution in [2.45, 2.75) is 31.7 Å². The van der Waals surface area contributed by atoms with Crippen molar-refractivity contribution >= 4 is 17.0 Å². The molecule has 114 valence electrons. The zero-order chi connectivity index (χ0) is 15.7. The molecule has 0 aliphatic carbocycles. The molecule has 1 aliphatic heterocycles. The van der Waals surface area contributed by atoms with Crippen LogP contribution in [0, 0.1) is 11.3 Å². The Morgan fingerprint density at radius 2 is 2.27 bits per heavy atom. The third-order valence-corrected chi connectivity index (χ3v) is 4.63. The lowest BCUT2D eigenvalue weighted by Crippen LogP contribution is -2.34. The van der Waals surface area contributed by atoms with E-state index in [1.165, 1.54) is 5.69 Å². The van der Waals surface area contributed by atoms with Crippen molar-refractivity contribution in [2.24, 2.45) is 7.05 Å². The molecule has 1 aliphatic rings. The van der Waals surface area contributed by atoms with Crippen molar-refractivity contribution in [3.05, 3.63) is 35.5 Å². The Bertz CT molecular complexity index is 757. The Labute approximate surface area is 129 Å². The van der Waals surface area contributed by atoms with Crippen molar-refractivity contribution in [3.63, 3.8) is 0 Å². The molecular weight excluding hydrogens is 278 g/mol. The molecule has 0 radical (unpaired) electrons. The maximum Gasteiger partial charge on any atom is 0.407 e. The molecule has 0 bridgehead atoms. The van der Waals surface area contributed by atoms with Gasteiger partial charge in [-0.05, 0) is 49.9 Å². The Hall–Kier alpha value is -2.48. The maximum absolute atomic E-state index is 11.2. The first-order chi connectivity index (χ1) is 10.6. The highest BCUT2D eigenvalue weighted by Gasteiger charge is 2.28. The first kappa shape index (κ1) is 14.5. The predicted molar refractivity (Wildman–Crippen MR) is 83.7 cm³/mol. The van der Waals surface area contributed by atoms with Crippen molar-refractivity contribution in [3.8, 4) is 6.07 Å². The summed E-state index contributed by atoms with van der Waals surface area (Å²) in [6.45, 7) is 0.653. The highest BCUT2D eigenvalue weighted by Crippen LogP contribution is 2.25. The van der Waals surface area contributed by atoms with Gasteiger partial charge in [0, 0.05) is 36.2 Å². The number of aryl methyl sites for hydroxylation is 2. The normalized spacial score (nSPS) is 17.8. The number of benzene rings is 1. The summed E-state index contributed by atoms with van der Waals surface area (Å²) in [5, 5.41) is 19.2. The zero-order valence-electron chi connectivity index (χ0n) is 12.6. The van der Waals surface area contributed by atoms with Crippen LogP contribution in [0.25, 0.3) is 10.9 Å². The molecule has 0 spiro atoms. The van der Waals surface area contributed by atoms with Gasteiger partial charge in [0.2, 0.25) is 0 Å². The molecular formula is C17H19N3O2. The number of hydrogen-bond donors (Lipinski definition) is 1. The number of hydrogen-bond acceptors (Lipinski definition) is 2. The van der Waals surface area contributed by atoms with E-state index in [2.05, 4.69) is 16.7 Å². The minimum Gasteiger partial charge on any atom is -0.465 e. The number of rotatable bonds is 3. The number of fused-ring (bicyclic) bond motifs is 1. The average molecular weight is 297 g/mol. The summed E-state index contributed by atoms with van der Waals surface area (Å²) in [5.74, 6) is 0. The summed E-state index contributed by atoms with van der Waals surface area (Å²) in [6, 6.07) is 10.1. The molecule has 5 heteroatoms. The lowest BCUT2D eigenvalue weighted by Gasteiger charge is -2.21. The summed E-state index contributed by atoms with van der Waals surface area (Å²) < 4.78 is 2.14. The Balaban J connectivity index is 1.78. The summed E-state index contributed by atoms with van der Waals surface area (Å²) >= 11 is 0. The Morgan fingerprint density at radius 3 is 3.00 bits per heavy atom. The minimum absolute atomic E-state index is 0.130. The number of aromatic nitrogens is 1. The SMILES string of the molecule is Cn1c(CC[C@@H]2CCCN2C(=O)O)cc2cc(C#N)ccc21. The number of amides is 1. The topological polar surface area (TPSA) is 69.3 Å². The van der Waals surface area contributed by atoms with Gasteiger partial charge in [-0.15, -0.1) is 0 Å². The molecule has 5 nitrogen and oxygen atoms in total. The number of nitrogens with zero attached hydrogens (tertiary/aromatic N) is 3. The van der Waals surface area contributed by atoms with Crippen LogP contribution in [-0.4, -0.2) is 33.3 Å². The van der Waals surface area contributed by atoms with E-state index in [0.717, 1.165) is 36.6 Å². The molecule has 1 N–H and O–H groups in total. The van der Waals surface area contributed by atoms with E-state index in [4.69, 9.17) is 5.26 Å². The van der Waals surface area contributed by atoms with Gasteiger partial charge in [0.25, 0.3) is 0 Å². The van der Waals surface area contributed by atoms with Crippen molar-refractivity contribution in [1.82, 2.24) is 9.47 Å². The van der Waals surface area contributed by atoms with Crippen LogP contribution >= 0.6 is 0 Å². The first-order valence-electron chi connectivity index (χ1n) is 7.58. The number of carboxylic acid groups (broad SMARTS) is 1. The molecule has 2 heterocycles. The monoisotopic (exact) mass is 297 g/mol. The van der Waals surface area contributed by atoms with E-state index in [1.807, 2.05) is 25.2 Å². The predicted octanol–water partition coefficient (Wildman–Crippen LogP) is 3.12. The first-order valence-corrected chi connectivity index (χ1v) is 7.58. The standard InChI is InChI=1S/C17H19N3O2/c1-19-15(6-5-14-3-2-8-20(14)17(21)22)10-13-9-12(11-18)4-7-16(13)19/h4,7,9-10,14H,2-3,5-6,8H2,1H3,(H,21,22)/t14-/m0/s1. The van der Waals surface area contributed by atoms with Crippen LogP contribution < -0.4 is 0 Å². The second kappa shape index (κ2) is 5.72. The van der Waals surface area contributed by atoms with Crippen molar-refractivity contribution in [1.29, 1.82) is 5.26 Å². The van der Waals surface area contributed by atoms with Gasteiger partial charge in [-0.25, -0.2) is 4.79 Å². The molecule has 1 fully saturated rings. The fourth-order valence-electron chi connectivity index (χ4n) is 3.42. The zero-order valence-corrected chi connectivity index (χ0v) is 12.6. The van der Waals surface area contributed by atoms with E-state index in [1.54, 1.807) is 4.90 Å². The van der Waals surface area contributed by atoms with Gasteiger partial charge in [0.1, 0.15) is 0 Å². The molecule has 1 atom stereocenters. The summed E-state index contributed by atoms with van der Waals surface area (Å²) in [5.41, 5.74) is 2.95. The third kappa shape index (κ3) is 2.52. The van der Waals surface area contributed by atoms with Gasteiger partial charge in [-0.1, -0.05) is 0 Å². The summed E-state index contributed by atoms with van der Waals surface area (Å²) in [6.07, 6.45) is 2.80. The highest BCUT2D eigenvalue weighted by molar-refractivity contribution is 5.82.